The Balaban J connectivity index is 0.00000729. The number of nitrogens with zero attached hydrogens (tertiary/aromatic N) is 3. The molecule has 1 aromatic rings. The molecule has 1 aromatic heterocycles. The fourth-order valence-electron chi connectivity index (χ4n) is 2.59. The minimum atomic E-state index is -0.521. The summed E-state index contributed by atoms with van der Waals surface area (Å²) in [7, 11) is 1.73. The zero-order chi connectivity index (χ0) is 20.5. The van der Waals surface area contributed by atoms with Crippen molar-refractivity contribution in [1.29, 1.82) is 0 Å². The molecule has 1 amide bonds. The summed E-state index contributed by atoms with van der Waals surface area (Å²) in [5, 5.41) is 13.9. The van der Waals surface area contributed by atoms with Crippen molar-refractivity contribution in [2.45, 2.75) is 72.1 Å². The Labute approximate surface area is 186 Å². The molecule has 3 N–H and O–H groups in total. The molecule has 0 aromatic carbocycles. The zero-order valence-electron chi connectivity index (χ0n) is 18.3. The van der Waals surface area contributed by atoms with Gasteiger partial charge in [-0.3, -0.25) is 9.67 Å². The molecule has 0 radical (unpaired) electrons. The second-order valence-corrected chi connectivity index (χ2v) is 7.75. The third-order valence-electron chi connectivity index (χ3n) is 4.33. The van der Waals surface area contributed by atoms with Crippen LogP contribution in [0.1, 0.15) is 53.0 Å². The molecule has 0 aliphatic rings. The highest BCUT2D eigenvalue weighted by Crippen LogP contribution is 2.16. The number of aryl methyl sites for hydroxylation is 1. The van der Waals surface area contributed by atoms with Gasteiger partial charge in [0.15, 0.2) is 5.96 Å². The van der Waals surface area contributed by atoms with Crippen molar-refractivity contribution in [2.24, 2.45) is 4.99 Å². The van der Waals surface area contributed by atoms with Gasteiger partial charge in [0.05, 0.1) is 18.3 Å². The van der Waals surface area contributed by atoms with Gasteiger partial charge in [-0.2, -0.15) is 5.10 Å². The molecule has 0 bridgehead atoms. The molecular formula is C19H37IN6O2. The summed E-state index contributed by atoms with van der Waals surface area (Å²) < 4.78 is 7.30. The molecule has 0 fully saturated rings. The molecule has 8 nitrogen and oxygen atoms in total. The molecule has 28 heavy (non-hydrogen) atoms. The van der Waals surface area contributed by atoms with Gasteiger partial charge < -0.3 is 20.7 Å². The molecule has 0 saturated carbocycles. The van der Waals surface area contributed by atoms with Crippen LogP contribution in [-0.4, -0.2) is 53.1 Å². The lowest BCUT2D eigenvalue weighted by molar-refractivity contribution is 0.0448. The summed E-state index contributed by atoms with van der Waals surface area (Å²) in [5.41, 5.74) is 0.216. The minimum absolute atomic E-state index is 0. The average molecular weight is 508 g/mol. The number of hydrogen-bond acceptors (Lipinski definition) is 4. The van der Waals surface area contributed by atoms with E-state index >= 15 is 0 Å². The SMILES string of the molecule is CCC(CC)(CNC(=NC)NCCn1cc(C)cn1)NC(=O)OC(C)(C)C.I. The van der Waals surface area contributed by atoms with Crippen LogP contribution in [0.25, 0.3) is 0 Å². The molecule has 1 rings (SSSR count). The maximum atomic E-state index is 12.2. The van der Waals surface area contributed by atoms with Crippen molar-refractivity contribution in [1.82, 2.24) is 25.7 Å². The standard InChI is InChI=1S/C19H36N6O2.HI/c1-8-19(9-2,24-17(26)27-18(4,5)6)14-22-16(20-7)21-10-11-25-13-15(3)12-23-25;/h12-13H,8-11,14H2,1-7H3,(H,24,26)(H2,20,21,22);1H. The highest BCUT2D eigenvalue weighted by atomic mass is 127. The number of carbonyl (C=O) groups is 1. The zero-order valence-corrected chi connectivity index (χ0v) is 20.6. The predicted molar refractivity (Wildman–Crippen MR) is 124 cm³/mol. The summed E-state index contributed by atoms with van der Waals surface area (Å²) in [5.74, 6) is 0.691. The summed E-state index contributed by atoms with van der Waals surface area (Å²) in [6.45, 7) is 13.7. The number of ether oxygens (including phenoxy) is 1. The average Bonchev–Trinajstić information content (AvgIpc) is 3.00. The van der Waals surface area contributed by atoms with E-state index in [2.05, 4.69) is 39.9 Å². The summed E-state index contributed by atoms with van der Waals surface area (Å²) in [4.78, 5) is 16.5. The Morgan fingerprint density at radius 3 is 2.36 bits per heavy atom. The van der Waals surface area contributed by atoms with E-state index in [4.69, 9.17) is 4.74 Å². The first-order valence-corrected chi connectivity index (χ1v) is 9.58. The van der Waals surface area contributed by atoms with E-state index in [0.29, 0.717) is 19.0 Å². The smallest absolute Gasteiger partial charge is 0.408 e. The normalized spacial score (nSPS) is 12.2. The van der Waals surface area contributed by atoms with Gasteiger partial charge in [0.25, 0.3) is 0 Å². The lowest BCUT2D eigenvalue weighted by Gasteiger charge is -2.34. The van der Waals surface area contributed by atoms with Crippen molar-refractivity contribution in [3.63, 3.8) is 0 Å². The maximum absolute atomic E-state index is 12.2. The number of guanidine groups is 1. The Hall–Kier alpha value is -1.52. The van der Waals surface area contributed by atoms with Gasteiger partial charge in [0.1, 0.15) is 5.60 Å². The summed E-state index contributed by atoms with van der Waals surface area (Å²) >= 11 is 0. The first-order valence-electron chi connectivity index (χ1n) is 9.58. The third kappa shape index (κ3) is 9.61. The number of amides is 1. The Kier molecular flexibility index (Phi) is 11.5. The number of alkyl carbamates (subject to hydrolysis) is 1. The number of nitrogens with one attached hydrogen (secondary N) is 3. The van der Waals surface area contributed by atoms with Crippen LogP contribution in [0.3, 0.4) is 0 Å². The Morgan fingerprint density at radius 2 is 1.89 bits per heavy atom. The Morgan fingerprint density at radius 1 is 1.25 bits per heavy atom. The number of aliphatic imine (C=N–C) groups is 1. The van der Waals surface area contributed by atoms with E-state index in [0.717, 1.165) is 24.9 Å². The van der Waals surface area contributed by atoms with Crippen LogP contribution in [0.15, 0.2) is 17.4 Å². The first kappa shape index (κ1) is 26.5. The number of rotatable bonds is 8. The molecular weight excluding hydrogens is 471 g/mol. The van der Waals surface area contributed by atoms with Gasteiger partial charge in [-0.25, -0.2) is 4.79 Å². The molecule has 0 unspecified atom stereocenters. The molecule has 0 saturated heterocycles. The Bertz CT molecular complexity index is 620. The van der Waals surface area contributed by atoms with Crippen LogP contribution in [0.2, 0.25) is 0 Å². The van der Waals surface area contributed by atoms with Crippen molar-refractivity contribution in [3.05, 3.63) is 18.0 Å². The van der Waals surface area contributed by atoms with Gasteiger partial charge in [-0.1, -0.05) is 13.8 Å². The number of aromatic nitrogens is 2. The minimum Gasteiger partial charge on any atom is -0.444 e. The van der Waals surface area contributed by atoms with Crippen LogP contribution >= 0.6 is 24.0 Å². The van der Waals surface area contributed by atoms with Gasteiger partial charge >= 0.3 is 6.09 Å². The van der Waals surface area contributed by atoms with Gasteiger partial charge in [-0.05, 0) is 46.1 Å². The second-order valence-electron chi connectivity index (χ2n) is 7.75. The van der Waals surface area contributed by atoms with Crippen LogP contribution in [0.5, 0.6) is 0 Å². The van der Waals surface area contributed by atoms with Crippen LogP contribution < -0.4 is 16.0 Å². The first-order chi connectivity index (χ1) is 12.6. The highest BCUT2D eigenvalue weighted by Gasteiger charge is 2.30. The van der Waals surface area contributed by atoms with Crippen molar-refractivity contribution in [2.75, 3.05) is 20.1 Å². The molecule has 162 valence electrons. The number of halogens is 1. The maximum Gasteiger partial charge on any atom is 0.408 e. The van der Waals surface area contributed by atoms with E-state index in [9.17, 15) is 4.79 Å². The monoisotopic (exact) mass is 508 g/mol. The molecule has 0 aliphatic carbocycles. The van der Waals surface area contributed by atoms with Gasteiger partial charge in [-0.15, -0.1) is 24.0 Å². The molecule has 0 aliphatic heterocycles. The molecule has 0 spiro atoms. The highest BCUT2D eigenvalue weighted by molar-refractivity contribution is 14.0. The van der Waals surface area contributed by atoms with Crippen LogP contribution in [0, 0.1) is 6.92 Å². The van der Waals surface area contributed by atoms with Crippen LogP contribution in [0.4, 0.5) is 4.79 Å². The largest absolute Gasteiger partial charge is 0.444 e. The lowest BCUT2D eigenvalue weighted by atomic mass is 9.93. The predicted octanol–water partition coefficient (Wildman–Crippen LogP) is 3.06. The fraction of sp³-hybridized carbons (Fsp3) is 0.737. The van der Waals surface area contributed by atoms with Gasteiger partial charge in [0, 0.05) is 26.3 Å². The van der Waals surface area contributed by atoms with Gasteiger partial charge in [0.2, 0.25) is 0 Å². The van der Waals surface area contributed by atoms with E-state index in [1.165, 1.54) is 0 Å². The van der Waals surface area contributed by atoms with E-state index in [1.807, 2.05) is 44.8 Å². The molecule has 0 atom stereocenters. The second kappa shape index (κ2) is 12.1. The lowest BCUT2D eigenvalue weighted by Crippen LogP contribution is -2.57. The fourth-order valence-corrected chi connectivity index (χ4v) is 2.59. The van der Waals surface area contributed by atoms with Crippen molar-refractivity contribution >= 4 is 36.0 Å². The van der Waals surface area contributed by atoms with E-state index in [1.54, 1.807) is 7.05 Å². The van der Waals surface area contributed by atoms with E-state index in [-0.39, 0.29) is 24.0 Å². The van der Waals surface area contributed by atoms with E-state index < -0.39 is 17.2 Å². The summed E-state index contributed by atoms with van der Waals surface area (Å²) in [6.07, 6.45) is 5.00. The number of hydrogen-bond donors (Lipinski definition) is 3. The van der Waals surface area contributed by atoms with Crippen molar-refractivity contribution < 1.29 is 9.53 Å². The quantitative estimate of drug-likeness (QED) is 0.285. The molecule has 9 heteroatoms. The van der Waals surface area contributed by atoms with Crippen molar-refractivity contribution in [3.8, 4) is 0 Å². The topological polar surface area (TPSA) is 92.6 Å². The third-order valence-corrected chi connectivity index (χ3v) is 4.33. The molecule has 1 heterocycles. The van der Waals surface area contributed by atoms with Crippen LogP contribution in [-0.2, 0) is 11.3 Å². The number of carbonyl (C=O) groups excluding carboxylic acids is 1. The summed E-state index contributed by atoms with van der Waals surface area (Å²) in [6, 6.07) is 0.